The molecular formula is C13H14BrClFN3. The van der Waals surface area contributed by atoms with Gasteiger partial charge in [0.15, 0.2) is 0 Å². The summed E-state index contributed by atoms with van der Waals surface area (Å²) in [5.41, 5.74) is 2.74. The van der Waals surface area contributed by atoms with Gasteiger partial charge in [-0.1, -0.05) is 27.5 Å². The third kappa shape index (κ3) is 3.35. The van der Waals surface area contributed by atoms with E-state index in [-0.39, 0.29) is 5.82 Å². The van der Waals surface area contributed by atoms with Crippen molar-refractivity contribution in [2.24, 2.45) is 7.05 Å². The maximum atomic E-state index is 13.1. The first kappa shape index (κ1) is 14.5. The Morgan fingerprint density at radius 3 is 2.79 bits per heavy atom. The summed E-state index contributed by atoms with van der Waals surface area (Å²) in [4.78, 5) is 0. The number of nitrogens with one attached hydrogen (secondary N) is 1. The van der Waals surface area contributed by atoms with E-state index in [9.17, 15) is 4.39 Å². The molecule has 0 aliphatic heterocycles. The minimum absolute atomic E-state index is 0.240. The molecule has 1 N–H and O–H groups in total. The lowest BCUT2D eigenvalue weighted by Crippen LogP contribution is -2.14. The quantitative estimate of drug-likeness (QED) is 0.917. The third-order valence-electron chi connectivity index (χ3n) is 2.89. The molecule has 0 unspecified atom stereocenters. The molecule has 0 aliphatic rings. The Morgan fingerprint density at radius 1 is 1.42 bits per heavy atom. The zero-order chi connectivity index (χ0) is 14.0. The number of nitrogens with zero attached hydrogens (tertiary/aromatic N) is 2. The zero-order valence-corrected chi connectivity index (χ0v) is 13.0. The van der Waals surface area contributed by atoms with Crippen LogP contribution in [-0.2, 0) is 20.1 Å². The Bertz CT molecular complexity index is 598. The smallest absolute Gasteiger partial charge is 0.131 e. The van der Waals surface area contributed by atoms with Gasteiger partial charge in [-0.2, -0.15) is 5.10 Å². The topological polar surface area (TPSA) is 29.9 Å². The molecule has 0 spiro atoms. The molecule has 3 nitrogen and oxygen atoms in total. The number of hydrogen-bond acceptors (Lipinski definition) is 2. The van der Waals surface area contributed by atoms with Crippen molar-refractivity contribution < 1.29 is 4.39 Å². The van der Waals surface area contributed by atoms with E-state index < -0.39 is 0 Å². The average molecular weight is 347 g/mol. The lowest BCUT2D eigenvalue weighted by Gasteiger charge is -2.07. The molecule has 19 heavy (non-hydrogen) atoms. The number of aryl methyl sites for hydroxylation is 2. The zero-order valence-electron chi connectivity index (χ0n) is 10.7. The van der Waals surface area contributed by atoms with Gasteiger partial charge in [-0.3, -0.25) is 4.68 Å². The second-order valence-electron chi connectivity index (χ2n) is 4.32. The summed E-state index contributed by atoms with van der Waals surface area (Å²) in [6, 6.07) is 4.64. The molecule has 0 aliphatic carbocycles. The molecule has 0 saturated heterocycles. The fourth-order valence-corrected chi connectivity index (χ4v) is 2.50. The molecule has 1 aromatic carbocycles. The Balaban J connectivity index is 2.02. The SMILES string of the molecule is Cc1nn(C)c(Cl)c1CNCc1cc(F)ccc1Br. The predicted octanol–water partition coefficient (Wildman–Crippen LogP) is 3.57. The molecule has 6 heteroatoms. The monoisotopic (exact) mass is 345 g/mol. The van der Waals surface area contributed by atoms with Gasteiger partial charge in [-0.25, -0.2) is 4.39 Å². The highest BCUT2D eigenvalue weighted by molar-refractivity contribution is 9.10. The van der Waals surface area contributed by atoms with Crippen LogP contribution in [-0.4, -0.2) is 9.78 Å². The molecule has 102 valence electrons. The first-order valence-corrected chi connectivity index (χ1v) is 6.98. The Morgan fingerprint density at radius 2 is 2.16 bits per heavy atom. The summed E-state index contributed by atoms with van der Waals surface area (Å²) in [6.45, 7) is 3.07. The minimum atomic E-state index is -0.240. The molecular weight excluding hydrogens is 333 g/mol. The number of aromatic nitrogens is 2. The summed E-state index contributed by atoms with van der Waals surface area (Å²) in [6.07, 6.45) is 0. The van der Waals surface area contributed by atoms with Crippen molar-refractivity contribution in [2.75, 3.05) is 0 Å². The van der Waals surface area contributed by atoms with Crippen molar-refractivity contribution in [2.45, 2.75) is 20.0 Å². The van der Waals surface area contributed by atoms with Gasteiger partial charge in [-0.15, -0.1) is 0 Å². The highest BCUT2D eigenvalue weighted by atomic mass is 79.9. The lowest BCUT2D eigenvalue weighted by atomic mass is 10.2. The van der Waals surface area contributed by atoms with E-state index in [4.69, 9.17) is 11.6 Å². The fraction of sp³-hybridized carbons (Fsp3) is 0.308. The van der Waals surface area contributed by atoms with Gasteiger partial charge >= 0.3 is 0 Å². The van der Waals surface area contributed by atoms with Crippen LogP contribution in [0.15, 0.2) is 22.7 Å². The Hall–Kier alpha value is -0.910. The second-order valence-corrected chi connectivity index (χ2v) is 5.53. The maximum absolute atomic E-state index is 13.1. The molecule has 2 rings (SSSR count). The van der Waals surface area contributed by atoms with Crippen LogP contribution >= 0.6 is 27.5 Å². The first-order chi connectivity index (χ1) is 8.99. The molecule has 1 heterocycles. The highest BCUT2D eigenvalue weighted by Gasteiger charge is 2.10. The summed E-state index contributed by atoms with van der Waals surface area (Å²) in [5, 5.41) is 8.12. The molecule has 0 fully saturated rings. The second kappa shape index (κ2) is 6.03. The fourth-order valence-electron chi connectivity index (χ4n) is 1.88. The van der Waals surface area contributed by atoms with Crippen molar-refractivity contribution in [3.63, 3.8) is 0 Å². The summed E-state index contributed by atoms with van der Waals surface area (Å²) in [5.74, 6) is -0.240. The van der Waals surface area contributed by atoms with E-state index in [0.29, 0.717) is 18.2 Å². The van der Waals surface area contributed by atoms with Crippen LogP contribution in [0, 0.1) is 12.7 Å². The van der Waals surface area contributed by atoms with Crippen LogP contribution in [0.1, 0.15) is 16.8 Å². The molecule has 0 bridgehead atoms. The molecule has 2 aromatic rings. The normalized spacial score (nSPS) is 11.0. The van der Waals surface area contributed by atoms with Crippen molar-refractivity contribution in [3.05, 3.63) is 50.5 Å². The van der Waals surface area contributed by atoms with Gasteiger partial charge in [0.05, 0.1) is 5.69 Å². The van der Waals surface area contributed by atoms with E-state index in [2.05, 4.69) is 26.3 Å². The van der Waals surface area contributed by atoms with Gasteiger partial charge in [-0.05, 0) is 30.7 Å². The largest absolute Gasteiger partial charge is 0.308 e. The molecule has 0 saturated carbocycles. The molecule has 0 amide bonds. The van der Waals surface area contributed by atoms with Crippen LogP contribution < -0.4 is 5.32 Å². The van der Waals surface area contributed by atoms with E-state index in [1.54, 1.807) is 10.7 Å². The summed E-state index contributed by atoms with van der Waals surface area (Å²) < 4.78 is 15.7. The summed E-state index contributed by atoms with van der Waals surface area (Å²) >= 11 is 9.54. The van der Waals surface area contributed by atoms with Crippen molar-refractivity contribution in [1.29, 1.82) is 0 Å². The van der Waals surface area contributed by atoms with Crippen LogP contribution in [0.2, 0.25) is 5.15 Å². The number of benzene rings is 1. The molecule has 0 atom stereocenters. The highest BCUT2D eigenvalue weighted by Crippen LogP contribution is 2.20. The van der Waals surface area contributed by atoms with Crippen molar-refractivity contribution in [1.82, 2.24) is 15.1 Å². The first-order valence-electron chi connectivity index (χ1n) is 5.81. The Kier molecular flexibility index (Phi) is 4.60. The van der Waals surface area contributed by atoms with Gasteiger partial charge < -0.3 is 5.32 Å². The summed E-state index contributed by atoms with van der Waals surface area (Å²) in [7, 11) is 1.81. The van der Waals surface area contributed by atoms with Crippen LogP contribution in [0.5, 0.6) is 0 Å². The third-order valence-corrected chi connectivity index (χ3v) is 4.14. The lowest BCUT2D eigenvalue weighted by molar-refractivity contribution is 0.619. The van der Waals surface area contributed by atoms with Crippen LogP contribution in [0.4, 0.5) is 4.39 Å². The Labute approximate surface area is 124 Å². The van der Waals surface area contributed by atoms with Crippen molar-refractivity contribution >= 4 is 27.5 Å². The predicted molar refractivity (Wildman–Crippen MR) is 77.6 cm³/mol. The van der Waals surface area contributed by atoms with Gasteiger partial charge in [0, 0.05) is 30.2 Å². The van der Waals surface area contributed by atoms with Gasteiger partial charge in [0.1, 0.15) is 11.0 Å². The number of halogens is 3. The van der Waals surface area contributed by atoms with Crippen LogP contribution in [0.25, 0.3) is 0 Å². The van der Waals surface area contributed by atoms with Crippen molar-refractivity contribution in [3.8, 4) is 0 Å². The van der Waals surface area contributed by atoms with E-state index in [0.717, 1.165) is 21.3 Å². The van der Waals surface area contributed by atoms with Crippen LogP contribution in [0.3, 0.4) is 0 Å². The van der Waals surface area contributed by atoms with Gasteiger partial charge in [0.2, 0.25) is 0 Å². The van der Waals surface area contributed by atoms with E-state index >= 15 is 0 Å². The maximum Gasteiger partial charge on any atom is 0.131 e. The standard InChI is InChI=1S/C13H14BrClFN3/c1-8-11(13(15)19(2)18-8)7-17-6-9-5-10(16)3-4-12(9)14/h3-5,17H,6-7H2,1-2H3. The van der Waals surface area contributed by atoms with E-state index in [1.165, 1.54) is 12.1 Å². The number of rotatable bonds is 4. The average Bonchev–Trinajstić information content (AvgIpc) is 2.60. The van der Waals surface area contributed by atoms with Gasteiger partial charge in [0.25, 0.3) is 0 Å². The molecule has 1 aromatic heterocycles. The van der Waals surface area contributed by atoms with E-state index in [1.807, 2.05) is 14.0 Å². The number of hydrogen-bond donors (Lipinski definition) is 1. The molecule has 0 radical (unpaired) electrons. The minimum Gasteiger partial charge on any atom is -0.308 e.